The van der Waals surface area contributed by atoms with Gasteiger partial charge in [0.05, 0.1) is 0 Å². The van der Waals surface area contributed by atoms with Crippen LogP contribution in [0.2, 0.25) is 0 Å². The minimum absolute atomic E-state index is 0.824. The van der Waals surface area contributed by atoms with Gasteiger partial charge in [-0.3, -0.25) is 0 Å². The van der Waals surface area contributed by atoms with Gasteiger partial charge in [-0.15, -0.1) is 0 Å². The molecule has 0 aromatic heterocycles. The van der Waals surface area contributed by atoms with Crippen molar-refractivity contribution in [1.29, 1.82) is 0 Å². The lowest BCUT2D eigenvalue weighted by atomic mass is 9.88. The topological polar surface area (TPSA) is 26.0 Å². The van der Waals surface area contributed by atoms with E-state index in [0.29, 0.717) is 0 Å². The van der Waals surface area contributed by atoms with Gasteiger partial charge in [-0.1, -0.05) is 20.3 Å². The molecule has 1 heteroatoms. The van der Waals surface area contributed by atoms with Gasteiger partial charge < -0.3 is 5.73 Å². The SMILES string of the molecule is CCC(C)C(CN)C1CC1. The van der Waals surface area contributed by atoms with E-state index in [1.54, 1.807) is 0 Å². The van der Waals surface area contributed by atoms with E-state index in [2.05, 4.69) is 13.8 Å². The summed E-state index contributed by atoms with van der Waals surface area (Å²) >= 11 is 0. The lowest BCUT2D eigenvalue weighted by Crippen LogP contribution is -2.22. The van der Waals surface area contributed by atoms with Crippen LogP contribution in [0.5, 0.6) is 0 Å². The molecular formula is C9H19N. The third-order valence-electron chi connectivity index (χ3n) is 2.87. The van der Waals surface area contributed by atoms with Crippen LogP contribution in [0, 0.1) is 17.8 Å². The molecule has 1 saturated carbocycles. The molecule has 0 aliphatic heterocycles. The number of nitrogens with two attached hydrogens (primary N) is 1. The Morgan fingerprint density at radius 3 is 2.40 bits per heavy atom. The summed E-state index contributed by atoms with van der Waals surface area (Å²) in [7, 11) is 0. The third kappa shape index (κ3) is 1.72. The molecule has 1 aliphatic rings. The van der Waals surface area contributed by atoms with E-state index < -0.39 is 0 Å². The first-order valence-corrected chi connectivity index (χ1v) is 4.49. The fraction of sp³-hybridized carbons (Fsp3) is 1.00. The summed E-state index contributed by atoms with van der Waals surface area (Å²) < 4.78 is 0. The van der Waals surface area contributed by atoms with Gasteiger partial charge in [0.2, 0.25) is 0 Å². The Bertz CT molecular complexity index is 96.9. The molecule has 0 bridgehead atoms. The van der Waals surface area contributed by atoms with Crippen molar-refractivity contribution in [1.82, 2.24) is 0 Å². The van der Waals surface area contributed by atoms with Gasteiger partial charge >= 0.3 is 0 Å². The van der Waals surface area contributed by atoms with Crippen molar-refractivity contribution in [3.63, 3.8) is 0 Å². The molecule has 10 heavy (non-hydrogen) atoms. The second-order valence-electron chi connectivity index (χ2n) is 3.62. The minimum Gasteiger partial charge on any atom is -0.330 e. The molecular weight excluding hydrogens is 122 g/mol. The van der Waals surface area contributed by atoms with Crippen LogP contribution < -0.4 is 5.73 Å². The van der Waals surface area contributed by atoms with Crippen molar-refractivity contribution >= 4 is 0 Å². The Hall–Kier alpha value is -0.0400. The molecule has 0 aromatic carbocycles. The molecule has 0 saturated heterocycles. The maximum atomic E-state index is 5.69. The Labute approximate surface area is 64.0 Å². The van der Waals surface area contributed by atoms with E-state index in [1.807, 2.05) is 0 Å². The van der Waals surface area contributed by atoms with E-state index in [-0.39, 0.29) is 0 Å². The van der Waals surface area contributed by atoms with Crippen LogP contribution in [0.3, 0.4) is 0 Å². The quantitative estimate of drug-likeness (QED) is 0.637. The monoisotopic (exact) mass is 141 g/mol. The normalized spacial score (nSPS) is 24.3. The van der Waals surface area contributed by atoms with Gasteiger partial charge in [0.15, 0.2) is 0 Å². The highest BCUT2D eigenvalue weighted by atomic mass is 14.6. The largest absolute Gasteiger partial charge is 0.330 e. The summed E-state index contributed by atoms with van der Waals surface area (Å²) in [5.74, 6) is 2.66. The second-order valence-corrected chi connectivity index (χ2v) is 3.62. The zero-order valence-corrected chi connectivity index (χ0v) is 7.14. The van der Waals surface area contributed by atoms with Crippen molar-refractivity contribution < 1.29 is 0 Å². The predicted molar refractivity (Wildman–Crippen MR) is 44.7 cm³/mol. The highest BCUT2D eigenvalue weighted by Crippen LogP contribution is 2.40. The highest BCUT2D eigenvalue weighted by molar-refractivity contribution is 4.84. The lowest BCUT2D eigenvalue weighted by molar-refractivity contribution is 0.318. The Morgan fingerprint density at radius 2 is 2.10 bits per heavy atom. The average Bonchev–Trinajstić information content (AvgIpc) is 2.73. The zero-order valence-electron chi connectivity index (χ0n) is 7.14. The van der Waals surface area contributed by atoms with E-state index in [1.165, 1.54) is 19.3 Å². The molecule has 1 aliphatic carbocycles. The highest BCUT2D eigenvalue weighted by Gasteiger charge is 2.32. The lowest BCUT2D eigenvalue weighted by Gasteiger charge is -2.20. The summed E-state index contributed by atoms with van der Waals surface area (Å²) in [6.07, 6.45) is 4.16. The fourth-order valence-corrected chi connectivity index (χ4v) is 1.72. The van der Waals surface area contributed by atoms with Crippen LogP contribution >= 0.6 is 0 Å². The molecule has 1 fully saturated rings. The Balaban J connectivity index is 2.30. The summed E-state index contributed by atoms with van der Waals surface area (Å²) in [4.78, 5) is 0. The van der Waals surface area contributed by atoms with E-state index in [9.17, 15) is 0 Å². The molecule has 0 spiro atoms. The molecule has 2 atom stereocenters. The van der Waals surface area contributed by atoms with Gasteiger partial charge in [0, 0.05) is 0 Å². The summed E-state index contributed by atoms with van der Waals surface area (Å²) in [6.45, 7) is 5.49. The zero-order chi connectivity index (χ0) is 7.56. The summed E-state index contributed by atoms with van der Waals surface area (Å²) in [5, 5.41) is 0. The number of hydrogen-bond acceptors (Lipinski definition) is 1. The molecule has 60 valence electrons. The van der Waals surface area contributed by atoms with E-state index in [4.69, 9.17) is 5.73 Å². The first kappa shape index (κ1) is 8.06. The van der Waals surface area contributed by atoms with Crippen LogP contribution in [-0.4, -0.2) is 6.54 Å². The van der Waals surface area contributed by atoms with Crippen molar-refractivity contribution in [2.24, 2.45) is 23.5 Å². The molecule has 0 amide bonds. The smallest absolute Gasteiger partial charge is 0.00437 e. The molecule has 2 N–H and O–H groups in total. The van der Waals surface area contributed by atoms with E-state index in [0.717, 1.165) is 24.3 Å². The first-order chi connectivity index (χ1) is 4.79. The number of rotatable bonds is 4. The summed E-state index contributed by atoms with van der Waals surface area (Å²) in [6, 6.07) is 0. The average molecular weight is 141 g/mol. The van der Waals surface area contributed by atoms with Crippen LogP contribution in [0.4, 0.5) is 0 Å². The van der Waals surface area contributed by atoms with Crippen LogP contribution in [0.25, 0.3) is 0 Å². The van der Waals surface area contributed by atoms with Gasteiger partial charge in [-0.25, -0.2) is 0 Å². The Kier molecular flexibility index (Phi) is 2.72. The van der Waals surface area contributed by atoms with Crippen molar-refractivity contribution in [3.8, 4) is 0 Å². The van der Waals surface area contributed by atoms with Crippen molar-refractivity contribution in [3.05, 3.63) is 0 Å². The second kappa shape index (κ2) is 3.38. The molecule has 0 aromatic rings. The molecule has 1 nitrogen and oxygen atoms in total. The van der Waals surface area contributed by atoms with Gasteiger partial charge in [-0.2, -0.15) is 0 Å². The van der Waals surface area contributed by atoms with Gasteiger partial charge in [-0.05, 0) is 37.1 Å². The maximum Gasteiger partial charge on any atom is -0.00437 e. The maximum absolute atomic E-state index is 5.69. The Morgan fingerprint density at radius 1 is 1.50 bits per heavy atom. The third-order valence-corrected chi connectivity index (χ3v) is 2.87. The molecule has 0 radical (unpaired) electrons. The van der Waals surface area contributed by atoms with Crippen LogP contribution in [-0.2, 0) is 0 Å². The number of hydrogen-bond donors (Lipinski definition) is 1. The van der Waals surface area contributed by atoms with Gasteiger partial charge in [0.25, 0.3) is 0 Å². The molecule has 2 unspecified atom stereocenters. The summed E-state index contributed by atoms with van der Waals surface area (Å²) in [5.41, 5.74) is 5.69. The van der Waals surface area contributed by atoms with Crippen molar-refractivity contribution in [2.45, 2.75) is 33.1 Å². The van der Waals surface area contributed by atoms with Gasteiger partial charge in [0.1, 0.15) is 0 Å². The standard InChI is InChI=1S/C9H19N/c1-3-7(2)9(6-10)8-4-5-8/h7-9H,3-6,10H2,1-2H3. The molecule has 0 heterocycles. The van der Waals surface area contributed by atoms with Crippen molar-refractivity contribution in [2.75, 3.05) is 6.54 Å². The van der Waals surface area contributed by atoms with Crippen LogP contribution in [0.1, 0.15) is 33.1 Å². The fourth-order valence-electron chi connectivity index (χ4n) is 1.72. The minimum atomic E-state index is 0.824. The predicted octanol–water partition coefficient (Wildman–Crippen LogP) is 2.02. The molecule has 1 rings (SSSR count). The van der Waals surface area contributed by atoms with E-state index >= 15 is 0 Å². The van der Waals surface area contributed by atoms with Crippen LogP contribution in [0.15, 0.2) is 0 Å². The first-order valence-electron chi connectivity index (χ1n) is 4.49.